The number of nitrogens with zero attached hydrogens (tertiary/aromatic N) is 4. The summed E-state index contributed by atoms with van der Waals surface area (Å²) in [6.45, 7) is 0. The van der Waals surface area contributed by atoms with Gasteiger partial charge < -0.3 is 14.4 Å². The molecule has 2 aromatic heterocycles. The predicted octanol–water partition coefficient (Wildman–Crippen LogP) is -0.256. The van der Waals surface area contributed by atoms with Crippen LogP contribution in [-0.4, -0.2) is 26.9 Å². The SMILES string of the molecule is COc1cnnc([O-])c1-n1ccnc1. The summed E-state index contributed by atoms with van der Waals surface area (Å²) in [4.78, 5) is 3.84. The molecule has 0 saturated carbocycles. The van der Waals surface area contributed by atoms with E-state index in [0.717, 1.165) is 0 Å². The molecule has 0 N–H and O–H groups in total. The van der Waals surface area contributed by atoms with Crippen molar-refractivity contribution in [1.29, 1.82) is 0 Å². The summed E-state index contributed by atoms with van der Waals surface area (Å²) in [7, 11) is 1.47. The molecule has 0 radical (unpaired) electrons. The lowest BCUT2D eigenvalue weighted by Gasteiger charge is -2.14. The van der Waals surface area contributed by atoms with Gasteiger partial charge in [-0.1, -0.05) is 0 Å². The lowest BCUT2D eigenvalue weighted by molar-refractivity contribution is -0.275. The van der Waals surface area contributed by atoms with E-state index in [9.17, 15) is 5.11 Å². The van der Waals surface area contributed by atoms with Gasteiger partial charge >= 0.3 is 0 Å². The van der Waals surface area contributed by atoms with Gasteiger partial charge in [-0.3, -0.25) is 0 Å². The van der Waals surface area contributed by atoms with Crippen molar-refractivity contribution in [3.05, 3.63) is 24.9 Å². The molecular formula is C8H7N4O2-. The number of imidazole rings is 1. The Hall–Kier alpha value is -2.11. The first-order valence-electron chi connectivity index (χ1n) is 3.88. The van der Waals surface area contributed by atoms with Crippen LogP contribution in [0.25, 0.3) is 5.69 Å². The summed E-state index contributed by atoms with van der Waals surface area (Å²) in [5, 5.41) is 18.3. The van der Waals surface area contributed by atoms with Crippen molar-refractivity contribution in [3.8, 4) is 17.3 Å². The maximum Gasteiger partial charge on any atom is 0.163 e. The second kappa shape index (κ2) is 3.33. The van der Waals surface area contributed by atoms with E-state index >= 15 is 0 Å². The van der Waals surface area contributed by atoms with Crippen LogP contribution in [-0.2, 0) is 0 Å². The average Bonchev–Trinajstić information content (AvgIpc) is 2.70. The Balaban J connectivity index is 2.61. The van der Waals surface area contributed by atoms with Crippen LogP contribution in [0.4, 0.5) is 0 Å². The third kappa shape index (κ3) is 1.26. The van der Waals surface area contributed by atoms with E-state index in [1.807, 2.05) is 0 Å². The van der Waals surface area contributed by atoms with Gasteiger partial charge in [0.1, 0.15) is 5.69 Å². The van der Waals surface area contributed by atoms with E-state index in [-0.39, 0.29) is 0 Å². The second-order valence-electron chi connectivity index (χ2n) is 2.54. The van der Waals surface area contributed by atoms with Crippen LogP contribution >= 0.6 is 0 Å². The molecular weight excluding hydrogens is 184 g/mol. The Morgan fingerprint density at radius 1 is 1.50 bits per heavy atom. The molecule has 2 heterocycles. The lowest BCUT2D eigenvalue weighted by atomic mass is 10.4. The van der Waals surface area contributed by atoms with E-state index in [4.69, 9.17) is 4.74 Å². The standard InChI is InChI=1S/C8H8N4O2/c1-14-6-4-10-11-8(13)7(6)12-3-2-9-5-12/h2-5H,1H3,(H,11,13)/p-1. The van der Waals surface area contributed by atoms with Gasteiger partial charge in [-0.2, -0.15) is 10.2 Å². The monoisotopic (exact) mass is 191 g/mol. The minimum atomic E-state index is -0.442. The van der Waals surface area contributed by atoms with Crippen molar-refractivity contribution in [3.63, 3.8) is 0 Å². The number of ether oxygens (including phenoxy) is 1. The molecule has 0 spiro atoms. The fourth-order valence-corrected chi connectivity index (χ4v) is 1.13. The smallest absolute Gasteiger partial charge is 0.163 e. The summed E-state index contributed by atoms with van der Waals surface area (Å²) in [6.07, 6.45) is 6.10. The molecule has 0 aliphatic heterocycles. The van der Waals surface area contributed by atoms with Crippen LogP contribution in [0.3, 0.4) is 0 Å². The summed E-state index contributed by atoms with van der Waals surface area (Å²) in [6, 6.07) is 0. The maximum absolute atomic E-state index is 11.4. The lowest BCUT2D eigenvalue weighted by Crippen LogP contribution is -2.05. The predicted molar refractivity (Wildman–Crippen MR) is 45.2 cm³/mol. The van der Waals surface area contributed by atoms with Gasteiger partial charge in [0, 0.05) is 18.3 Å². The van der Waals surface area contributed by atoms with Gasteiger partial charge in [0.2, 0.25) is 0 Å². The molecule has 0 saturated heterocycles. The van der Waals surface area contributed by atoms with Crippen molar-refractivity contribution in [2.24, 2.45) is 0 Å². The van der Waals surface area contributed by atoms with Crippen molar-refractivity contribution >= 4 is 0 Å². The average molecular weight is 191 g/mol. The van der Waals surface area contributed by atoms with E-state index in [1.54, 1.807) is 12.4 Å². The highest BCUT2D eigenvalue weighted by Crippen LogP contribution is 2.25. The molecule has 6 heteroatoms. The van der Waals surface area contributed by atoms with Crippen LogP contribution in [0.2, 0.25) is 0 Å². The Morgan fingerprint density at radius 3 is 3.00 bits per heavy atom. The number of hydrogen-bond acceptors (Lipinski definition) is 5. The Labute approximate surface area is 79.8 Å². The molecule has 0 bridgehead atoms. The van der Waals surface area contributed by atoms with Crippen LogP contribution in [0.15, 0.2) is 24.9 Å². The fourth-order valence-electron chi connectivity index (χ4n) is 1.13. The zero-order valence-corrected chi connectivity index (χ0v) is 7.41. The summed E-state index contributed by atoms with van der Waals surface area (Å²) in [5.74, 6) is -0.0645. The maximum atomic E-state index is 11.4. The van der Waals surface area contributed by atoms with Crippen LogP contribution < -0.4 is 9.84 Å². The zero-order valence-electron chi connectivity index (χ0n) is 7.41. The summed E-state index contributed by atoms with van der Waals surface area (Å²) >= 11 is 0. The first-order valence-corrected chi connectivity index (χ1v) is 3.88. The van der Waals surface area contributed by atoms with E-state index in [1.165, 1.54) is 24.2 Å². The molecule has 72 valence electrons. The number of rotatable bonds is 2. The Bertz CT molecular complexity index is 427. The molecule has 6 nitrogen and oxygen atoms in total. The van der Waals surface area contributed by atoms with E-state index in [0.29, 0.717) is 11.4 Å². The minimum absolute atomic E-state index is 0.319. The fraction of sp³-hybridized carbons (Fsp3) is 0.125. The summed E-state index contributed by atoms with van der Waals surface area (Å²) in [5.41, 5.74) is 0.319. The molecule has 2 aromatic rings. The second-order valence-corrected chi connectivity index (χ2v) is 2.54. The first-order chi connectivity index (χ1) is 6.83. The van der Waals surface area contributed by atoms with Crippen LogP contribution in [0.1, 0.15) is 0 Å². The quantitative estimate of drug-likeness (QED) is 0.653. The number of hydrogen-bond donors (Lipinski definition) is 0. The molecule has 0 amide bonds. The van der Waals surface area contributed by atoms with Gasteiger partial charge in [-0.15, -0.1) is 0 Å². The van der Waals surface area contributed by atoms with Crippen LogP contribution in [0.5, 0.6) is 11.6 Å². The third-order valence-electron chi connectivity index (χ3n) is 1.74. The minimum Gasteiger partial charge on any atom is -0.856 e. The molecule has 0 unspecified atom stereocenters. The molecule has 0 aliphatic carbocycles. The van der Waals surface area contributed by atoms with Gasteiger partial charge in [0.15, 0.2) is 5.75 Å². The number of aromatic nitrogens is 4. The molecule has 2 rings (SSSR count). The van der Waals surface area contributed by atoms with Gasteiger partial charge in [0.05, 0.1) is 19.6 Å². The highest BCUT2D eigenvalue weighted by atomic mass is 16.5. The van der Waals surface area contributed by atoms with Gasteiger partial charge in [-0.25, -0.2) is 4.98 Å². The third-order valence-corrected chi connectivity index (χ3v) is 1.74. The highest BCUT2D eigenvalue weighted by Gasteiger charge is 2.06. The molecule has 14 heavy (non-hydrogen) atoms. The van der Waals surface area contributed by atoms with Crippen molar-refractivity contribution in [1.82, 2.24) is 19.7 Å². The van der Waals surface area contributed by atoms with Crippen molar-refractivity contribution in [2.75, 3.05) is 7.11 Å². The largest absolute Gasteiger partial charge is 0.856 e. The Morgan fingerprint density at radius 2 is 2.36 bits per heavy atom. The topological polar surface area (TPSA) is 75.9 Å². The van der Waals surface area contributed by atoms with Crippen LogP contribution in [0, 0.1) is 0 Å². The molecule has 0 atom stereocenters. The summed E-state index contributed by atoms with van der Waals surface area (Å²) < 4.78 is 6.54. The van der Waals surface area contributed by atoms with Gasteiger partial charge in [-0.05, 0) is 0 Å². The normalized spacial score (nSPS) is 10.1. The van der Waals surface area contributed by atoms with Crippen molar-refractivity contribution < 1.29 is 9.84 Å². The first kappa shape index (κ1) is 8.49. The number of methoxy groups -OCH3 is 1. The molecule has 0 fully saturated rings. The van der Waals surface area contributed by atoms with Gasteiger partial charge in [0.25, 0.3) is 0 Å². The highest BCUT2D eigenvalue weighted by molar-refractivity contribution is 5.50. The molecule has 0 aromatic carbocycles. The molecule has 0 aliphatic rings. The van der Waals surface area contributed by atoms with E-state index < -0.39 is 5.88 Å². The zero-order chi connectivity index (χ0) is 9.97. The van der Waals surface area contributed by atoms with E-state index in [2.05, 4.69) is 15.2 Å². The van der Waals surface area contributed by atoms with Crippen molar-refractivity contribution in [2.45, 2.75) is 0 Å². The Kier molecular flexibility index (Phi) is 2.02.